The lowest BCUT2D eigenvalue weighted by Gasteiger charge is -2.11. The van der Waals surface area contributed by atoms with Gasteiger partial charge in [0.05, 0.1) is 54.1 Å². The van der Waals surface area contributed by atoms with Gasteiger partial charge >= 0.3 is 0 Å². The van der Waals surface area contributed by atoms with Crippen molar-refractivity contribution < 1.29 is 9.84 Å². The van der Waals surface area contributed by atoms with Crippen LogP contribution in [0.1, 0.15) is 24.7 Å². The highest BCUT2D eigenvalue weighted by atomic mass is 16.5. The number of ether oxygens (including phenoxy) is 1. The van der Waals surface area contributed by atoms with Crippen molar-refractivity contribution >= 4 is 10.9 Å². The summed E-state index contributed by atoms with van der Waals surface area (Å²) in [4.78, 5) is 13.4. The Labute approximate surface area is 174 Å². The van der Waals surface area contributed by atoms with Crippen molar-refractivity contribution in [2.75, 3.05) is 13.2 Å². The fourth-order valence-electron chi connectivity index (χ4n) is 3.34. The first-order chi connectivity index (χ1) is 14.7. The molecule has 4 rings (SSSR count). The Morgan fingerprint density at radius 3 is 2.80 bits per heavy atom. The molecule has 154 valence electrons. The number of nitrogens with zero attached hydrogens (tertiary/aromatic N) is 5. The topological polar surface area (TPSA) is 112 Å². The number of benzene rings is 1. The molecule has 0 saturated carbocycles. The molecule has 0 aliphatic carbocycles. The number of fused-ring (bicyclic) bond motifs is 1. The zero-order valence-electron chi connectivity index (χ0n) is 16.8. The van der Waals surface area contributed by atoms with E-state index in [0.29, 0.717) is 24.7 Å². The van der Waals surface area contributed by atoms with Crippen LogP contribution >= 0.6 is 0 Å². The molecule has 1 aromatic carbocycles. The molecule has 0 aliphatic rings. The third-order valence-electron chi connectivity index (χ3n) is 4.74. The Morgan fingerprint density at radius 1 is 1.10 bits per heavy atom. The highest BCUT2D eigenvalue weighted by Gasteiger charge is 2.15. The smallest absolute Gasteiger partial charge is 0.172 e. The first-order valence-corrected chi connectivity index (χ1v) is 9.96. The molecule has 30 heavy (non-hydrogen) atoms. The van der Waals surface area contributed by atoms with Crippen LogP contribution in [0.4, 0.5) is 0 Å². The average Bonchev–Trinajstić information content (AvgIpc) is 3.22. The number of hydrogen-bond donors (Lipinski definition) is 2. The number of hydrogen-bond acceptors (Lipinski definition) is 7. The van der Waals surface area contributed by atoms with Gasteiger partial charge in [-0.25, -0.2) is 9.67 Å². The van der Waals surface area contributed by atoms with E-state index in [0.717, 1.165) is 46.4 Å². The van der Waals surface area contributed by atoms with Crippen LogP contribution < -0.4 is 10.5 Å². The van der Waals surface area contributed by atoms with Crippen LogP contribution in [-0.4, -0.2) is 43.0 Å². The number of aliphatic hydroxyl groups excluding tert-OH is 1. The molecule has 0 fully saturated rings. The van der Waals surface area contributed by atoms with E-state index in [9.17, 15) is 5.11 Å². The van der Waals surface area contributed by atoms with Crippen molar-refractivity contribution in [2.24, 2.45) is 5.73 Å². The van der Waals surface area contributed by atoms with Gasteiger partial charge in [0.2, 0.25) is 0 Å². The summed E-state index contributed by atoms with van der Waals surface area (Å²) in [6.45, 7) is 2.94. The maximum absolute atomic E-state index is 9.40. The average molecular weight is 404 g/mol. The maximum Gasteiger partial charge on any atom is 0.172 e. The molecule has 3 N–H and O–H groups in total. The second kappa shape index (κ2) is 8.98. The minimum absolute atomic E-state index is 0.186. The molecule has 0 atom stereocenters. The van der Waals surface area contributed by atoms with Crippen LogP contribution in [0.15, 0.2) is 48.9 Å². The van der Waals surface area contributed by atoms with Crippen LogP contribution in [0.2, 0.25) is 0 Å². The van der Waals surface area contributed by atoms with Crippen LogP contribution in [-0.2, 0) is 13.0 Å². The summed E-state index contributed by atoms with van der Waals surface area (Å²) in [5, 5.41) is 14.8. The van der Waals surface area contributed by atoms with Gasteiger partial charge in [-0.2, -0.15) is 5.10 Å². The SMILES string of the molecule is CCOc1cc(-c2cccc(CCCN)n2)cc2c1cnn2-c1cncc(CO)n1. The Balaban J connectivity index is 1.85. The largest absolute Gasteiger partial charge is 0.493 e. The molecule has 0 amide bonds. The lowest BCUT2D eigenvalue weighted by molar-refractivity contribution is 0.276. The highest BCUT2D eigenvalue weighted by molar-refractivity contribution is 5.90. The van der Waals surface area contributed by atoms with E-state index in [-0.39, 0.29) is 6.61 Å². The highest BCUT2D eigenvalue weighted by Crippen LogP contribution is 2.33. The van der Waals surface area contributed by atoms with Crippen LogP contribution in [0, 0.1) is 0 Å². The standard InChI is InChI=1S/C22H24N6O2/c1-2-30-21-10-15(19-7-3-5-16(26-19)6-4-8-23)9-20-18(21)12-25-28(20)22-13-24-11-17(14-29)27-22/h3,5,7,9-13,29H,2,4,6,8,14,23H2,1H3. The molecule has 4 aromatic rings. The zero-order chi connectivity index (χ0) is 20.9. The summed E-state index contributed by atoms with van der Waals surface area (Å²) < 4.78 is 7.60. The summed E-state index contributed by atoms with van der Waals surface area (Å²) >= 11 is 0. The van der Waals surface area contributed by atoms with Crippen LogP contribution in [0.25, 0.3) is 28.0 Å². The molecule has 0 saturated heterocycles. The minimum atomic E-state index is -0.186. The quantitative estimate of drug-likeness (QED) is 0.464. The van der Waals surface area contributed by atoms with Gasteiger partial charge in [0.1, 0.15) is 5.75 Å². The number of rotatable bonds is 8. The number of aromatic nitrogens is 5. The van der Waals surface area contributed by atoms with Crippen molar-refractivity contribution in [3.05, 3.63) is 60.3 Å². The number of nitrogens with two attached hydrogens (primary N) is 1. The second-order valence-electron chi connectivity index (χ2n) is 6.83. The fraction of sp³-hybridized carbons (Fsp3) is 0.273. The first kappa shape index (κ1) is 19.9. The van der Waals surface area contributed by atoms with Crippen molar-refractivity contribution in [1.29, 1.82) is 0 Å². The summed E-state index contributed by atoms with van der Waals surface area (Å²) in [5.74, 6) is 1.26. The second-order valence-corrected chi connectivity index (χ2v) is 6.83. The normalized spacial score (nSPS) is 11.2. The molecular formula is C22H24N6O2. The fourth-order valence-corrected chi connectivity index (χ4v) is 3.34. The molecule has 0 unspecified atom stereocenters. The van der Waals surface area contributed by atoms with E-state index in [2.05, 4.69) is 15.1 Å². The Kier molecular flexibility index (Phi) is 5.97. The third kappa shape index (κ3) is 4.00. The van der Waals surface area contributed by atoms with Gasteiger partial charge in [0.15, 0.2) is 5.82 Å². The van der Waals surface area contributed by atoms with E-state index in [1.807, 2.05) is 37.3 Å². The summed E-state index contributed by atoms with van der Waals surface area (Å²) in [6, 6.07) is 10.0. The zero-order valence-corrected chi connectivity index (χ0v) is 16.8. The van der Waals surface area contributed by atoms with Gasteiger partial charge in [0.25, 0.3) is 0 Å². The van der Waals surface area contributed by atoms with E-state index in [1.165, 1.54) is 6.20 Å². The lowest BCUT2D eigenvalue weighted by atomic mass is 10.1. The molecule has 3 aromatic heterocycles. The third-order valence-corrected chi connectivity index (χ3v) is 4.74. The van der Waals surface area contributed by atoms with Gasteiger partial charge in [-0.3, -0.25) is 9.97 Å². The van der Waals surface area contributed by atoms with Gasteiger partial charge < -0.3 is 15.6 Å². The van der Waals surface area contributed by atoms with E-state index >= 15 is 0 Å². The van der Waals surface area contributed by atoms with Crippen molar-refractivity contribution in [2.45, 2.75) is 26.4 Å². The Morgan fingerprint density at radius 2 is 2.00 bits per heavy atom. The summed E-state index contributed by atoms with van der Waals surface area (Å²) in [7, 11) is 0. The molecule has 0 bridgehead atoms. The molecule has 0 aliphatic heterocycles. The monoisotopic (exact) mass is 404 g/mol. The number of aryl methyl sites for hydroxylation is 1. The molecular weight excluding hydrogens is 380 g/mol. The van der Waals surface area contributed by atoms with Crippen molar-refractivity contribution in [3.63, 3.8) is 0 Å². The Hall–Kier alpha value is -3.36. The lowest BCUT2D eigenvalue weighted by Crippen LogP contribution is -2.03. The molecule has 8 nitrogen and oxygen atoms in total. The van der Waals surface area contributed by atoms with Crippen molar-refractivity contribution in [1.82, 2.24) is 24.7 Å². The van der Waals surface area contributed by atoms with Crippen LogP contribution in [0.3, 0.4) is 0 Å². The number of pyridine rings is 1. The van der Waals surface area contributed by atoms with Gasteiger partial charge in [-0.1, -0.05) is 6.07 Å². The van der Waals surface area contributed by atoms with Crippen LogP contribution in [0.5, 0.6) is 5.75 Å². The predicted octanol–water partition coefficient (Wildman–Crippen LogP) is 2.66. The number of aliphatic hydroxyl groups is 1. The minimum Gasteiger partial charge on any atom is -0.493 e. The first-order valence-electron chi connectivity index (χ1n) is 9.96. The summed E-state index contributed by atoms with van der Waals surface area (Å²) in [5.41, 5.74) is 9.73. The predicted molar refractivity (Wildman–Crippen MR) is 114 cm³/mol. The Bertz CT molecular complexity index is 1160. The van der Waals surface area contributed by atoms with Gasteiger partial charge in [-0.15, -0.1) is 0 Å². The molecule has 8 heteroatoms. The molecule has 0 radical (unpaired) electrons. The van der Waals surface area contributed by atoms with Gasteiger partial charge in [-0.05, 0) is 50.6 Å². The maximum atomic E-state index is 9.40. The van der Waals surface area contributed by atoms with Crippen molar-refractivity contribution in [3.8, 4) is 22.8 Å². The van der Waals surface area contributed by atoms with E-state index < -0.39 is 0 Å². The van der Waals surface area contributed by atoms with E-state index in [1.54, 1.807) is 17.1 Å². The molecule has 0 spiro atoms. The molecule has 3 heterocycles. The summed E-state index contributed by atoms with van der Waals surface area (Å²) in [6.07, 6.45) is 6.63. The van der Waals surface area contributed by atoms with Gasteiger partial charge in [0, 0.05) is 11.3 Å². The van der Waals surface area contributed by atoms with E-state index in [4.69, 9.17) is 15.5 Å².